The zero-order chi connectivity index (χ0) is 17.1. The number of nitrogens with zero attached hydrogens (tertiary/aromatic N) is 1. The number of hydrogen-bond acceptors (Lipinski definition) is 2. The van der Waals surface area contributed by atoms with E-state index in [1.165, 1.54) is 84.0 Å². The van der Waals surface area contributed by atoms with E-state index in [1.54, 1.807) is 11.1 Å². The van der Waals surface area contributed by atoms with Gasteiger partial charge in [0.15, 0.2) is 0 Å². The monoisotopic (exact) mass is 340 g/mol. The topological polar surface area (TPSA) is 15.3 Å². The lowest BCUT2D eigenvalue weighted by Crippen LogP contribution is -2.52. The van der Waals surface area contributed by atoms with Crippen molar-refractivity contribution in [3.8, 4) is 0 Å². The van der Waals surface area contributed by atoms with Crippen molar-refractivity contribution in [2.45, 2.75) is 76.2 Å². The Balaban J connectivity index is 1.39. The van der Waals surface area contributed by atoms with Crippen molar-refractivity contribution in [1.29, 1.82) is 0 Å². The molecule has 0 aromatic heterocycles. The molecule has 1 spiro atoms. The van der Waals surface area contributed by atoms with E-state index in [4.69, 9.17) is 0 Å². The summed E-state index contributed by atoms with van der Waals surface area (Å²) in [5, 5.41) is 3.79. The summed E-state index contributed by atoms with van der Waals surface area (Å²) >= 11 is 0. The molecule has 1 saturated carbocycles. The van der Waals surface area contributed by atoms with Crippen LogP contribution in [-0.2, 0) is 5.41 Å². The van der Waals surface area contributed by atoms with Gasteiger partial charge < -0.3 is 10.2 Å². The molecule has 2 fully saturated rings. The molecular formula is C23H36N2. The van der Waals surface area contributed by atoms with Crippen molar-refractivity contribution in [3.63, 3.8) is 0 Å². The van der Waals surface area contributed by atoms with Gasteiger partial charge in [-0.05, 0) is 62.7 Å². The molecule has 0 bridgehead atoms. The first-order valence-electron chi connectivity index (χ1n) is 10.8. The molecule has 138 valence electrons. The Kier molecular flexibility index (Phi) is 5.47. The molecule has 4 rings (SSSR count). The maximum absolute atomic E-state index is 3.79. The van der Waals surface area contributed by atoms with Crippen LogP contribution >= 0.6 is 0 Å². The SMILES string of the molecule is CC1NCC2(CCN(CC3CCCCCCC3)CC2)c2ccccc21. The van der Waals surface area contributed by atoms with E-state index in [9.17, 15) is 0 Å². The van der Waals surface area contributed by atoms with Gasteiger partial charge >= 0.3 is 0 Å². The van der Waals surface area contributed by atoms with Gasteiger partial charge in [0.1, 0.15) is 0 Å². The van der Waals surface area contributed by atoms with Crippen molar-refractivity contribution in [3.05, 3.63) is 35.4 Å². The van der Waals surface area contributed by atoms with E-state index >= 15 is 0 Å². The van der Waals surface area contributed by atoms with Crippen molar-refractivity contribution in [2.75, 3.05) is 26.2 Å². The minimum atomic E-state index is 0.389. The van der Waals surface area contributed by atoms with Gasteiger partial charge in [0.2, 0.25) is 0 Å². The van der Waals surface area contributed by atoms with Crippen molar-refractivity contribution in [1.82, 2.24) is 10.2 Å². The molecular weight excluding hydrogens is 304 g/mol. The third kappa shape index (κ3) is 3.80. The lowest BCUT2D eigenvalue weighted by molar-refractivity contribution is 0.123. The Labute approximate surface area is 154 Å². The van der Waals surface area contributed by atoms with Crippen LogP contribution in [0.3, 0.4) is 0 Å². The molecule has 0 radical (unpaired) electrons. The summed E-state index contributed by atoms with van der Waals surface area (Å²) in [7, 11) is 0. The van der Waals surface area contributed by atoms with Gasteiger partial charge in [-0.2, -0.15) is 0 Å². The summed E-state index contributed by atoms with van der Waals surface area (Å²) in [6.45, 7) is 7.43. The first-order valence-corrected chi connectivity index (χ1v) is 10.8. The van der Waals surface area contributed by atoms with Crippen LogP contribution in [0, 0.1) is 5.92 Å². The summed E-state index contributed by atoms with van der Waals surface area (Å²) < 4.78 is 0. The number of fused-ring (bicyclic) bond motifs is 2. The second-order valence-corrected chi connectivity index (χ2v) is 8.98. The molecule has 1 aromatic carbocycles. The number of benzene rings is 1. The van der Waals surface area contributed by atoms with Crippen LogP contribution in [0.1, 0.15) is 81.9 Å². The van der Waals surface area contributed by atoms with Gasteiger partial charge in [0.25, 0.3) is 0 Å². The Morgan fingerprint density at radius 1 is 1.00 bits per heavy atom. The highest BCUT2D eigenvalue weighted by Gasteiger charge is 2.40. The van der Waals surface area contributed by atoms with Crippen LogP contribution in [0.15, 0.2) is 24.3 Å². The number of piperidine rings is 1. The van der Waals surface area contributed by atoms with E-state index in [2.05, 4.69) is 41.4 Å². The minimum Gasteiger partial charge on any atom is -0.309 e. The highest BCUT2D eigenvalue weighted by atomic mass is 15.1. The fourth-order valence-electron chi connectivity index (χ4n) is 5.61. The zero-order valence-corrected chi connectivity index (χ0v) is 16.1. The van der Waals surface area contributed by atoms with E-state index in [-0.39, 0.29) is 0 Å². The van der Waals surface area contributed by atoms with Crippen LogP contribution in [0.4, 0.5) is 0 Å². The number of rotatable bonds is 2. The molecule has 2 aliphatic heterocycles. The largest absolute Gasteiger partial charge is 0.309 e. The molecule has 1 aliphatic carbocycles. The van der Waals surface area contributed by atoms with Crippen molar-refractivity contribution in [2.24, 2.45) is 5.92 Å². The molecule has 3 aliphatic rings. The Hall–Kier alpha value is -0.860. The lowest BCUT2D eigenvalue weighted by atomic mass is 9.68. The number of likely N-dealkylation sites (tertiary alicyclic amines) is 1. The smallest absolute Gasteiger partial charge is 0.0295 e. The third-order valence-corrected chi connectivity index (χ3v) is 7.30. The van der Waals surface area contributed by atoms with E-state index in [0.717, 1.165) is 5.92 Å². The maximum atomic E-state index is 3.79. The van der Waals surface area contributed by atoms with Gasteiger partial charge in [-0.15, -0.1) is 0 Å². The molecule has 1 N–H and O–H groups in total. The summed E-state index contributed by atoms with van der Waals surface area (Å²) in [4.78, 5) is 2.79. The van der Waals surface area contributed by atoms with E-state index in [1.807, 2.05) is 0 Å². The summed E-state index contributed by atoms with van der Waals surface area (Å²) in [5.41, 5.74) is 3.58. The molecule has 0 amide bonds. The van der Waals surface area contributed by atoms with Crippen LogP contribution < -0.4 is 5.32 Å². The number of hydrogen-bond donors (Lipinski definition) is 1. The summed E-state index contributed by atoms with van der Waals surface area (Å²) in [6, 6.07) is 9.72. The molecule has 1 saturated heterocycles. The predicted octanol–water partition coefficient (Wildman–Crippen LogP) is 5.04. The molecule has 1 unspecified atom stereocenters. The highest BCUT2D eigenvalue weighted by Crippen LogP contribution is 2.42. The van der Waals surface area contributed by atoms with Gasteiger partial charge in [0.05, 0.1) is 0 Å². The zero-order valence-electron chi connectivity index (χ0n) is 16.1. The Bertz CT molecular complexity index is 551. The number of nitrogens with one attached hydrogen (secondary N) is 1. The third-order valence-electron chi connectivity index (χ3n) is 7.30. The molecule has 2 nitrogen and oxygen atoms in total. The van der Waals surface area contributed by atoms with E-state index in [0.29, 0.717) is 11.5 Å². The molecule has 2 heterocycles. The summed E-state index contributed by atoms with van der Waals surface area (Å²) in [5.74, 6) is 0.964. The molecule has 2 heteroatoms. The van der Waals surface area contributed by atoms with Crippen LogP contribution in [0.2, 0.25) is 0 Å². The Morgan fingerprint density at radius 2 is 1.68 bits per heavy atom. The average molecular weight is 341 g/mol. The molecule has 25 heavy (non-hydrogen) atoms. The van der Waals surface area contributed by atoms with Gasteiger partial charge in [-0.25, -0.2) is 0 Å². The summed E-state index contributed by atoms with van der Waals surface area (Å²) in [6.07, 6.45) is 13.0. The fourth-order valence-corrected chi connectivity index (χ4v) is 5.61. The van der Waals surface area contributed by atoms with Crippen molar-refractivity contribution < 1.29 is 0 Å². The van der Waals surface area contributed by atoms with Crippen molar-refractivity contribution >= 4 is 0 Å². The van der Waals surface area contributed by atoms with E-state index < -0.39 is 0 Å². The van der Waals surface area contributed by atoms with Crippen LogP contribution in [0.25, 0.3) is 0 Å². The normalized spacial score (nSPS) is 28.3. The van der Waals surface area contributed by atoms with Gasteiger partial charge in [-0.3, -0.25) is 0 Å². The standard InChI is InChI=1S/C23H36N2/c1-19-21-11-7-8-12-22(21)23(18-24-19)13-15-25(16-14-23)17-20-9-5-3-2-4-6-10-20/h7-8,11-12,19-20,24H,2-6,9-10,13-18H2,1H3. The predicted molar refractivity (Wildman–Crippen MR) is 106 cm³/mol. The first-order chi connectivity index (χ1) is 12.3. The quantitative estimate of drug-likeness (QED) is 0.811. The highest BCUT2D eigenvalue weighted by molar-refractivity contribution is 5.39. The fraction of sp³-hybridized carbons (Fsp3) is 0.739. The second kappa shape index (κ2) is 7.80. The maximum Gasteiger partial charge on any atom is 0.0295 e. The Morgan fingerprint density at radius 3 is 2.44 bits per heavy atom. The first kappa shape index (κ1) is 17.5. The lowest BCUT2D eigenvalue weighted by Gasteiger charge is -2.47. The van der Waals surface area contributed by atoms with Crippen LogP contribution in [0.5, 0.6) is 0 Å². The average Bonchev–Trinajstić information content (AvgIpc) is 2.63. The minimum absolute atomic E-state index is 0.389. The molecule has 1 aromatic rings. The molecule has 1 atom stereocenters. The van der Waals surface area contributed by atoms with Crippen LogP contribution in [-0.4, -0.2) is 31.1 Å². The van der Waals surface area contributed by atoms with Gasteiger partial charge in [-0.1, -0.05) is 56.4 Å². The van der Waals surface area contributed by atoms with Gasteiger partial charge in [0, 0.05) is 24.5 Å². The second-order valence-electron chi connectivity index (χ2n) is 8.98.